The van der Waals surface area contributed by atoms with Crippen LogP contribution in [0.25, 0.3) is 10.8 Å². The molecule has 0 aromatic heterocycles. The third-order valence-corrected chi connectivity index (χ3v) is 7.47. The van der Waals surface area contributed by atoms with Crippen LogP contribution in [0.15, 0.2) is 72.8 Å². The highest BCUT2D eigenvalue weighted by Gasteiger charge is 2.33. The number of carbonyl (C=O) groups is 5. The van der Waals surface area contributed by atoms with Crippen molar-refractivity contribution >= 4 is 46.1 Å². The lowest BCUT2D eigenvalue weighted by Gasteiger charge is -2.27. The quantitative estimate of drug-likeness (QED) is 0.146. The Morgan fingerprint density at radius 3 is 1.72 bits per heavy atom. The molecule has 3 aromatic rings. The number of amides is 4. The van der Waals surface area contributed by atoms with Gasteiger partial charge in [0.25, 0.3) is 5.91 Å². The molecule has 47 heavy (non-hydrogen) atoms. The van der Waals surface area contributed by atoms with Gasteiger partial charge in [-0.05, 0) is 54.0 Å². The number of hydrogen-bond acceptors (Lipinski definition) is 6. The van der Waals surface area contributed by atoms with E-state index < -0.39 is 47.7 Å². The van der Waals surface area contributed by atoms with E-state index in [4.69, 9.17) is 4.74 Å². The Morgan fingerprint density at radius 2 is 1.11 bits per heavy atom. The minimum atomic E-state index is -1.11. The summed E-state index contributed by atoms with van der Waals surface area (Å²) < 4.78 is 5.33. The molecule has 0 saturated carbocycles. The molecule has 3 aromatic carbocycles. The summed E-state index contributed by atoms with van der Waals surface area (Å²) in [5.74, 6) is -2.72. The number of alkyl carbamates (subject to hydrolysis) is 1. The van der Waals surface area contributed by atoms with Gasteiger partial charge in [-0.25, -0.2) is 4.79 Å². The molecule has 252 valence electrons. The highest BCUT2D eigenvalue weighted by Crippen LogP contribution is 2.23. The topological polar surface area (TPSA) is 143 Å². The summed E-state index contributed by atoms with van der Waals surface area (Å²) in [6, 6.07) is 19.0. The van der Waals surface area contributed by atoms with Crippen molar-refractivity contribution in [2.75, 3.05) is 5.32 Å². The summed E-state index contributed by atoms with van der Waals surface area (Å²) in [6.07, 6.45) is 0.0559. The fourth-order valence-electron chi connectivity index (χ4n) is 5.24. The van der Waals surface area contributed by atoms with Gasteiger partial charge in [-0.2, -0.15) is 0 Å². The second-order valence-electron chi connectivity index (χ2n) is 13.1. The number of carbonyl (C=O) groups excluding carboxylic acids is 5. The van der Waals surface area contributed by atoms with E-state index in [2.05, 4.69) is 21.3 Å². The Labute approximate surface area is 277 Å². The van der Waals surface area contributed by atoms with E-state index in [1.165, 1.54) is 0 Å². The molecule has 0 aliphatic rings. The van der Waals surface area contributed by atoms with Gasteiger partial charge in [0.05, 0.1) is 6.04 Å². The minimum Gasteiger partial charge on any atom is -0.445 e. The smallest absolute Gasteiger partial charge is 0.408 e. The number of ether oxygens (including phenoxy) is 1. The van der Waals surface area contributed by atoms with E-state index in [0.717, 1.165) is 16.3 Å². The van der Waals surface area contributed by atoms with Crippen molar-refractivity contribution in [1.29, 1.82) is 0 Å². The molecule has 10 nitrogen and oxygen atoms in total. The Morgan fingerprint density at radius 1 is 0.596 bits per heavy atom. The predicted octanol–water partition coefficient (Wildman–Crippen LogP) is 5.75. The molecule has 4 N–H and O–H groups in total. The summed E-state index contributed by atoms with van der Waals surface area (Å²) in [5, 5.41) is 12.6. The van der Waals surface area contributed by atoms with Crippen LogP contribution in [-0.2, 0) is 30.5 Å². The summed E-state index contributed by atoms with van der Waals surface area (Å²) in [6.45, 7) is 11.5. The Bertz CT molecular complexity index is 1520. The van der Waals surface area contributed by atoms with Crippen molar-refractivity contribution in [2.45, 2.75) is 85.5 Å². The molecule has 3 rings (SSSR count). The van der Waals surface area contributed by atoms with Crippen molar-refractivity contribution < 1.29 is 28.7 Å². The third-order valence-electron chi connectivity index (χ3n) is 7.47. The van der Waals surface area contributed by atoms with Crippen LogP contribution in [0.5, 0.6) is 0 Å². The fraction of sp³-hybridized carbons (Fsp3) is 0.432. The molecule has 3 atom stereocenters. The van der Waals surface area contributed by atoms with E-state index in [9.17, 15) is 24.0 Å². The Hall–Kier alpha value is -4.73. The van der Waals surface area contributed by atoms with Gasteiger partial charge in [-0.1, -0.05) is 108 Å². The standard InChI is InChI=1S/C37H48N4O6/c1-23(2)19-30(33(42)36(45)38-29-18-12-16-27-15-10-11-17-28(27)29)39-34(43)31(20-24(3)4)40-35(44)32(21-25(5)6)41-37(46)47-22-26-13-8-7-9-14-26/h7-18,23-25,30-32H,19-22H2,1-6H3,(H,38,45)(H,39,43)(H,40,44)(H,41,46)/t30-,31-,32-/m0/s1. The van der Waals surface area contributed by atoms with Crippen LogP contribution < -0.4 is 21.3 Å². The van der Waals surface area contributed by atoms with Gasteiger partial charge in [0.1, 0.15) is 18.7 Å². The molecule has 10 heteroatoms. The van der Waals surface area contributed by atoms with Gasteiger partial charge in [-0.3, -0.25) is 19.2 Å². The lowest BCUT2D eigenvalue weighted by atomic mass is 9.97. The summed E-state index contributed by atoms with van der Waals surface area (Å²) in [7, 11) is 0. The van der Waals surface area contributed by atoms with Crippen LogP contribution in [0.3, 0.4) is 0 Å². The Balaban J connectivity index is 1.72. The van der Waals surface area contributed by atoms with Crippen LogP contribution in [0.1, 0.15) is 66.4 Å². The van der Waals surface area contributed by atoms with Crippen molar-refractivity contribution in [3.63, 3.8) is 0 Å². The average molecular weight is 645 g/mol. The lowest BCUT2D eigenvalue weighted by Crippen LogP contribution is -2.57. The molecule has 0 heterocycles. The SMILES string of the molecule is CC(C)C[C@H](NC(=O)OCc1ccccc1)C(=O)N[C@@H](CC(C)C)C(=O)N[C@@H](CC(C)C)C(=O)C(=O)Nc1cccc2ccccc12. The monoisotopic (exact) mass is 644 g/mol. The van der Waals surface area contributed by atoms with Crippen LogP contribution in [0.2, 0.25) is 0 Å². The first kappa shape index (κ1) is 36.7. The van der Waals surface area contributed by atoms with Crippen LogP contribution in [0, 0.1) is 17.8 Å². The number of anilines is 1. The largest absolute Gasteiger partial charge is 0.445 e. The molecule has 0 spiro atoms. The second kappa shape index (κ2) is 17.8. The van der Waals surface area contributed by atoms with Crippen LogP contribution in [-0.4, -0.2) is 47.7 Å². The third kappa shape index (κ3) is 11.9. The van der Waals surface area contributed by atoms with E-state index in [1.807, 2.05) is 102 Å². The predicted molar refractivity (Wildman–Crippen MR) is 183 cm³/mol. The van der Waals surface area contributed by atoms with Crippen LogP contribution >= 0.6 is 0 Å². The number of hydrogen-bond donors (Lipinski definition) is 4. The first-order chi connectivity index (χ1) is 22.3. The molecule has 0 radical (unpaired) electrons. The number of ketones is 1. The molecule has 0 unspecified atom stereocenters. The molecule has 4 amide bonds. The van der Waals surface area contributed by atoms with Gasteiger partial charge in [0.2, 0.25) is 17.6 Å². The number of nitrogens with one attached hydrogen (secondary N) is 4. The highest BCUT2D eigenvalue weighted by molar-refractivity contribution is 6.43. The first-order valence-corrected chi connectivity index (χ1v) is 16.2. The summed E-state index contributed by atoms with van der Waals surface area (Å²) in [5.41, 5.74) is 1.30. The zero-order valence-electron chi connectivity index (χ0n) is 28.2. The van der Waals surface area contributed by atoms with Gasteiger partial charge >= 0.3 is 6.09 Å². The highest BCUT2D eigenvalue weighted by atomic mass is 16.5. The lowest BCUT2D eigenvalue weighted by molar-refractivity contribution is -0.138. The fourth-order valence-corrected chi connectivity index (χ4v) is 5.24. The number of rotatable bonds is 16. The van der Waals surface area contributed by atoms with Gasteiger partial charge in [-0.15, -0.1) is 0 Å². The van der Waals surface area contributed by atoms with Crippen molar-refractivity contribution in [3.05, 3.63) is 78.4 Å². The maximum Gasteiger partial charge on any atom is 0.408 e. The first-order valence-electron chi connectivity index (χ1n) is 16.2. The molecule has 0 saturated heterocycles. The molecular formula is C37H48N4O6. The molecule has 0 aliphatic heterocycles. The average Bonchev–Trinajstić information content (AvgIpc) is 3.02. The molecule has 0 fully saturated rings. The number of Topliss-reactive ketones (excluding diaryl/α,β-unsaturated/α-hetero) is 1. The maximum atomic E-state index is 13.7. The molecule has 0 aliphatic carbocycles. The molecule has 0 bridgehead atoms. The summed E-state index contributed by atoms with van der Waals surface area (Å²) >= 11 is 0. The normalized spacial score (nSPS) is 13.1. The van der Waals surface area contributed by atoms with Crippen molar-refractivity contribution in [2.24, 2.45) is 17.8 Å². The number of benzene rings is 3. The van der Waals surface area contributed by atoms with E-state index in [-0.39, 0.29) is 37.2 Å². The van der Waals surface area contributed by atoms with Gasteiger partial charge in [0.15, 0.2) is 0 Å². The van der Waals surface area contributed by atoms with E-state index in [0.29, 0.717) is 12.1 Å². The van der Waals surface area contributed by atoms with E-state index >= 15 is 0 Å². The van der Waals surface area contributed by atoms with Gasteiger partial charge < -0.3 is 26.0 Å². The Kier molecular flexibility index (Phi) is 13.9. The number of fused-ring (bicyclic) bond motifs is 1. The molecular weight excluding hydrogens is 596 g/mol. The van der Waals surface area contributed by atoms with Crippen LogP contribution in [0.4, 0.5) is 10.5 Å². The summed E-state index contributed by atoms with van der Waals surface area (Å²) in [4.78, 5) is 66.5. The maximum absolute atomic E-state index is 13.7. The van der Waals surface area contributed by atoms with Gasteiger partial charge in [0, 0.05) is 11.1 Å². The van der Waals surface area contributed by atoms with Crippen molar-refractivity contribution in [3.8, 4) is 0 Å². The van der Waals surface area contributed by atoms with E-state index in [1.54, 1.807) is 12.1 Å². The second-order valence-corrected chi connectivity index (χ2v) is 13.1. The zero-order chi connectivity index (χ0) is 34.5. The zero-order valence-corrected chi connectivity index (χ0v) is 28.2. The van der Waals surface area contributed by atoms with Crippen molar-refractivity contribution in [1.82, 2.24) is 16.0 Å². The minimum absolute atomic E-state index is 0.00676.